The van der Waals surface area contributed by atoms with Crippen LogP contribution in [-0.4, -0.2) is 44.2 Å². The van der Waals surface area contributed by atoms with E-state index in [0.29, 0.717) is 5.54 Å². The van der Waals surface area contributed by atoms with Crippen LogP contribution in [0.2, 0.25) is 0 Å². The Morgan fingerprint density at radius 3 is 2.35 bits per heavy atom. The Bertz CT molecular complexity index is 436. The summed E-state index contributed by atoms with van der Waals surface area (Å²) < 4.78 is 0. The van der Waals surface area contributed by atoms with Crippen molar-refractivity contribution in [2.45, 2.75) is 44.2 Å². The molecule has 1 aliphatic rings. The van der Waals surface area contributed by atoms with Crippen molar-refractivity contribution in [3.05, 3.63) is 29.8 Å². The number of nitrogens with zero attached hydrogens (tertiary/aromatic N) is 2. The van der Waals surface area contributed by atoms with Gasteiger partial charge >= 0.3 is 0 Å². The maximum atomic E-state index is 5.98. The fourth-order valence-corrected chi connectivity index (χ4v) is 3.26. The summed E-state index contributed by atoms with van der Waals surface area (Å²) in [5.41, 5.74) is 9.03. The van der Waals surface area contributed by atoms with Gasteiger partial charge in [0.25, 0.3) is 0 Å². The van der Waals surface area contributed by atoms with Crippen LogP contribution in [0.15, 0.2) is 24.3 Å². The van der Waals surface area contributed by atoms with Crippen LogP contribution in [0.4, 0.5) is 5.69 Å². The SMILES string of the molecule is CC(N)Cc1ccccc1N(C)CC1(N(C)C)CCC1. The summed E-state index contributed by atoms with van der Waals surface area (Å²) >= 11 is 0. The molecule has 0 aromatic heterocycles. The molecule has 3 nitrogen and oxygen atoms in total. The first kappa shape index (κ1) is 15.3. The lowest BCUT2D eigenvalue weighted by atomic mass is 9.75. The van der Waals surface area contributed by atoms with E-state index < -0.39 is 0 Å². The second-order valence-electron chi connectivity index (χ2n) is 6.64. The standard InChI is InChI=1S/C17H29N3/c1-14(18)12-15-8-5-6-9-16(15)20(4)13-17(19(2)3)10-7-11-17/h5-6,8-9,14H,7,10-13,18H2,1-4H3. The molecule has 2 rings (SSSR count). The number of benzene rings is 1. The van der Waals surface area contributed by atoms with Gasteiger partial charge in [-0.15, -0.1) is 0 Å². The van der Waals surface area contributed by atoms with E-state index in [0.717, 1.165) is 13.0 Å². The van der Waals surface area contributed by atoms with Gasteiger partial charge in [-0.1, -0.05) is 18.2 Å². The minimum Gasteiger partial charge on any atom is -0.373 e. The van der Waals surface area contributed by atoms with Crippen LogP contribution >= 0.6 is 0 Å². The van der Waals surface area contributed by atoms with Gasteiger partial charge in [-0.25, -0.2) is 0 Å². The molecule has 0 aliphatic heterocycles. The van der Waals surface area contributed by atoms with E-state index in [2.05, 4.69) is 62.1 Å². The van der Waals surface area contributed by atoms with Gasteiger partial charge in [-0.05, 0) is 58.3 Å². The molecule has 1 unspecified atom stereocenters. The number of anilines is 1. The van der Waals surface area contributed by atoms with Gasteiger partial charge in [-0.2, -0.15) is 0 Å². The van der Waals surface area contributed by atoms with Gasteiger partial charge in [0.1, 0.15) is 0 Å². The Labute approximate surface area is 123 Å². The van der Waals surface area contributed by atoms with Crippen LogP contribution in [0.3, 0.4) is 0 Å². The highest BCUT2D eigenvalue weighted by Gasteiger charge is 2.40. The summed E-state index contributed by atoms with van der Waals surface area (Å²) in [6, 6.07) is 8.87. The van der Waals surface area contributed by atoms with E-state index in [1.165, 1.54) is 30.5 Å². The molecular formula is C17H29N3. The molecule has 1 fully saturated rings. The molecule has 0 saturated heterocycles. The Kier molecular flexibility index (Phi) is 4.71. The Hall–Kier alpha value is -1.06. The van der Waals surface area contributed by atoms with Crippen LogP contribution in [0.1, 0.15) is 31.7 Å². The summed E-state index contributed by atoms with van der Waals surface area (Å²) in [7, 11) is 6.63. The topological polar surface area (TPSA) is 32.5 Å². The molecule has 1 aliphatic carbocycles. The van der Waals surface area contributed by atoms with Crippen LogP contribution in [-0.2, 0) is 6.42 Å². The molecule has 1 saturated carbocycles. The van der Waals surface area contributed by atoms with Gasteiger partial charge < -0.3 is 15.5 Å². The minimum absolute atomic E-state index is 0.205. The monoisotopic (exact) mass is 275 g/mol. The van der Waals surface area contributed by atoms with E-state index in [4.69, 9.17) is 5.73 Å². The molecule has 3 heteroatoms. The molecule has 2 N–H and O–H groups in total. The van der Waals surface area contributed by atoms with Crippen molar-refractivity contribution in [3.8, 4) is 0 Å². The highest BCUT2D eigenvalue weighted by Crippen LogP contribution is 2.37. The Morgan fingerprint density at radius 2 is 1.85 bits per heavy atom. The van der Waals surface area contributed by atoms with Crippen molar-refractivity contribution >= 4 is 5.69 Å². The summed E-state index contributed by atoms with van der Waals surface area (Å²) in [6.07, 6.45) is 4.91. The molecule has 1 aromatic rings. The summed E-state index contributed by atoms with van der Waals surface area (Å²) in [4.78, 5) is 4.82. The lowest BCUT2D eigenvalue weighted by Gasteiger charge is -2.49. The largest absolute Gasteiger partial charge is 0.373 e. The predicted molar refractivity (Wildman–Crippen MR) is 87.3 cm³/mol. The molecule has 0 heterocycles. The van der Waals surface area contributed by atoms with Crippen molar-refractivity contribution in [2.24, 2.45) is 5.73 Å². The predicted octanol–water partition coefficient (Wildman–Crippen LogP) is 2.50. The van der Waals surface area contributed by atoms with Gasteiger partial charge in [-0.3, -0.25) is 0 Å². The fraction of sp³-hybridized carbons (Fsp3) is 0.647. The molecule has 0 amide bonds. The van der Waals surface area contributed by atoms with Crippen molar-refractivity contribution in [3.63, 3.8) is 0 Å². The van der Waals surface area contributed by atoms with E-state index in [-0.39, 0.29) is 6.04 Å². The lowest BCUT2D eigenvalue weighted by molar-refractivity contribution is 0.0683. The smallest absolute Gasteiger partial charge is 0.0397 e. The fourth-order valence-electron chi connectivity index (χ4n) is 3.26. The van der Waals surface area contributed by atoms with Crippen LogP contribution in [0.25, 0.3) is 0 Å². The van der Waals surface area contributed by atoms with Crippen molar-refractivity contribution in [1.82, 2.24) is 4.90 Å². The first-order chi connectivity index (χ1) is 9.44. The number of nitrogens with two attached hydrogens (primary N) is 1. The third-order valence-corrected chi connectivity index (χ3v) is 4.71. The van der Waals surface area contributed by atoms with Gasteiger partial charge in [0.05, 0.1) is 0 Å². The number of para-hydroxylation sites is 1. The normalized spacial score (nSPS) is 18.7. The van der Waals surface area contributed by atoms with E-state index in [9.17, 15) is 0 Å². The molecule has 112 valence electrons. The van der Waals surface area contributed by atoms with Crippen molar-refractivity contribution < 1.29 is 0 Å². The summed E-state index contributed by atoms with van der Waals surface area (Å²) in [6.45, 7) is 3.17. The molecule has 0 spiro atoms. The summed E-state index contributed by atoms with van der Waals surface area (Å²) in [5.74, 6) is 0. The zero-order valence-corrected chi connectivity index (χ0v) is 13.4. The average Bonchev–Trinajstić information content (AvgIpc) is 2.33. The van der Waals surface area contributed by atoms with Crippen molar-refractivity contribution in [2.75, 3.05) is 32.6 Å². The Balaban J connectivity index is 2.14. The second-order valence-corrected chi connectivity index (χ2v) is 6.64. The van der Waals surface area contributed by atoms with Crippen LogP contribution in [0.5, 0.6) is 0 Å². The van der Waals surface area contributed by atoms with Crippen molar-refractivity contribution in [1.29, 1.82) is 0 Å². The minimum atomic E-state index is 0.205. The van der Waals surface area contributed by atoms with Crippen LogP contribution < -0.4 is 10.6 Å². The third kappa shape index (κ3) is 3.15. The molecule has 20 heavy (non-hydrogen) atoms. The first-order valence-corrected chi connectivity index (χ1v) is 7.67. The maximum Gasteiger partial charge on any atom is 0.0397 e. The molecule has 0 bridgehead atoms. The number of hydrogen-bond acceptors (Lipinski definition) is 3. The van der Waals surface area contributed by atoms with Crippen LogP contribution in [0, 0.1) is 0 Å². The highest BCUT2D eigenvalue weighted by atomic mass is 15.2. The quantitative estimate of drug-likeness (QED) is 0.866. The maximum absolute atomic E-state index is 5.98. The number of hydrogen-bond donors (Lipinski definition) is 1. The third-order valence-electron chi connectivity index (χ3n) is 4.71. The lowest BCUT2D eigenvalue weighted by Crippen LogP contribution is -2.56. The molecule has 1 aromatic carbocycles. The highest BCUT2D eigenvalue weighted by molar-refractivity contribution is 5.53. The Morgan fingerprint density at radius 1 is 1.20 bits per heavy atom. The van der Waals surface area contributed by atoms with E-state index >= 15 is 0 Å². The van der Waals surface area contributed by atoms with Gasteiger partial charge in [0.15, 0.2) is 0 Å². The average molecular weight is 275 g/mol. The van der Waals surface area contributed by atoms with E-state index in [1.807, 2.05) is 0 Å². The van der Waals surface area contributed by atoms with E-state index in [1.54, 1.807) is 0 Å². The van der Waals surface area contributed by atoms with Gasteiger partial charge in [0, 0.05) is 30.9 Å². The number of rotatable bonds is 6. The van der Waals surface area contributed by atoms with Gasteiger partial charge in [0.2, 0.25) is 0 Å². The second kappa shape index (κ2) is 6.15. The first-order valence-electron chi connectivity index (χ1n) is 7.67. The molecular weight excluding hydrogens is 246 g/mol. The molecule has 0 radical (unpaired) electrons. The zero-order chi connectivity index (χ0) is 14.8. The molecule has 1 atom stereocenters. The zero-order valence-electron chi connectivity index (χ0n) is 13.4. The summed E-state index contributed by atoms with van der Waals surface area (Å²) in [5, 5.41) is 0. The number of likely N-dealkylation sites (N-methyl/N-ethyl adjacent to an activating group) is 2.